The Kier molecular flexibility index (Phi) is 3.40. The summed E-state index contributed by atoms with van der Waals surface area (Å²) >= 11 is 0. The molecule has 0 saturated carbocycles. The van der Waals surface area contributed by atoms with Gasteiger partial charge in [-0.25, -0.2) is 4.79 Å². The second-order valence-corrected chi connectivity index (χ2v) is 3.43. The zero-order chi connectivity index (χ0) is 12.1. The summed E-state index contributed by atoms with van der Waals surface area (Å²) in [6.07, 6.45) is 5.23. The lowest BCUT2D eigenvalue weighted by Crippen LogP contribution is -2.02. The van der Waals surface area contributed by atoms with Crippen LogP contribution in [0.25, 0.3) is 12.2 Å². The Morgan fingerprint density at radius 1 is 1.18 bits per heavy atom. The van der Waals surface area contributed by atoms with Crippen LogP contribution < -0.4 is 0 Å². The molecule has 17 heavy (non-hydrogen) atoms. The molecular formula is C14H12O3. The Labute approximate surface area is 99.3 Å². The van der Waals surface area contributed by atoms with Crippen LogP contribution in [0.4, 0.5) is 0 Å². The topological polar surface area (TPSA) is 39.4 Å². The van der Waals surface area contributed by atoms with Gasteiger partial charge in [0, 0.05) is 0 Å². The highest BCUT2D eigenvalue weighted by Crippen LogP contribution is 2.14. The van der Waals surface area contributed by atoms with E-state index in [0.717, 1.165) is 11.3 Å². The summed E-state index contributed by atoms with van der Waals surface area (Å²) in [4.78, 5) is 11.5. The highest BCUT2D eigenvalue weighted by molar-refractivity contribution is 5.94. The number of carbonyl (C=O) groups excluding carboxylic acids is 1. The highest BCUT2D eigenvalue weighted by atomic mass is 16.5. The Balaban J connectivity index is 2.29. The lowest BCUT2D eigenvalue weighted by atomic mass is 10.1. The molecule has 86 valence electrons. The summed E-state index contributed by atoms with van der Waals surface area (Å²) < 4.78 is 9.90. The minimum atomic E-state index is -0.343. The predicted molar refractivity (Wildman–Crippen MR) is 65.4 cm³/mol. The first kappa shape index (κ1) is 11.2. The van der Waals surface area contributed by atoms with Crippen molar-refractivity contribution < 1.29 is 13.9 Å². The second kappa shape index (κ2) is 5.16. The van der Waals surface area contributed by atoms with Crippen LogP contribution >= 0.6 is 0 Å². The van der Waals surface area contributed by atoms with E-state index in [1.165, 1.54) is 7.11 Å². The monoisotopic (exact) mass is 228 g/mol. The molecule has 1 aromatic heterocycles. The third kappa shape index (κ3) is 2.64. The van der Waals surface area contributed by atoms with Crippen LogP contribution in [0.3, 0.4) is 0 Å². The van der Waals surface area contributed by atoms with Crippen molar-refractivity contribution in [2.24, 2.45) is 0 Å². The third-order valence-corrected chi connectivity index (χ3v) is 2.34. The molecule has 0 aliphatic rings. The number of ether oxygens (including phenoxy) is 1. The number of carbonyl (C=O) groups is 1. The lowest BCUT2D eigenvalue weighted by Gasteiger charge is -2.02. The molecule has 1 heterocycles. The molecule has 0 fully saturated rings. The first-order chi connectivity index (χ1) is 8.31. The van der Waals surface area contributed by atoms with Crippen molar-refractivity contribution in [3.05, 3.63) is 59.5 Å². The fourth-order valence-corrected chi connectivity index (χ4v) is 1.50. The van der Waals surface area contributed by atoms with Crippen molar-refractivity contribution in [3.8, 4) is 0 Å². The summed E-state index contributed by atoms with van der Waals surface area (Å²) in [5.41, 5.74) is 1.34. The Hall–Kier alpha value is -2.29. The van der Waals surface area contributed by atoms with Crippen LogP contribution in [0, 0.1) is 0 Å². The van der Waals surface area contributed by atoms with E-state index in [-0.39, 0.29) is 5.97 Å². The van der Waals surface area contributed by atoms with Crippen molar-refractivity contribution in [2.45, 2.75) is 0 Å². The smallest absolute Gasteiger partial charge is 0.338 e. The van der Waals surface area contributed by atoms with Crippen molar-refractivity contribution in [1.82, 2.24) is 0 Å². The average molecular weight is 228 g/mol. The third-order valence-electron chi connectivity index (χ3n) is 2.34. The van der Waals surface area contributed by atoms with Gasteiger partial charge >= 0.3 is 5.97 Å². The van der Waals surface area contributed by atoms with E-state index in [0.29, 0.717) is 5.56 Å². The zero-order valence-corrected chi connectivity index (χ0v) is 9.42. The van der Waals surface area contributed by atoms with E-state index >= 15 is 0 Å². The van der Waals surface area contributed by atoms with Crippen LogP contribution in [-0.4, -0.2) is 13.1 Å². The van der Waals surface area contributed by atoms with Crippen molar-refractivity contribution in [2.75, 3.05) is 7.11 Å². The molecule has 0 saturated heterocycles. The minimum absolute atomic E-state index is 0.343. The first-order valence-electron chi connectivity index (χ1n) is 5.20. The minimum Gasteiger partial charge on any atom is -0.465 e. The number of methoxy groups -OCH3 is 1. The molecule has 0 unspecified atom stereocenters. The molecule has 1 aromatic carbocycles. The average Bonchev–Trinajstić information content (AvgIpc) is 2.89. The quantitative estimate of drug-likeness (QED) is 0.757. The van der Waals surface area contributed by atoms with Crippen LogP contribution in [-0.2, 0) is 4.74 Å². The van der Waals surface area contributed by atoms with Gasteiger partial charge in [-0.05, 0) is 29.8 Å². The predicted octanol–water partition coefficient (Wildman–Crippen LogP) is 3.24. The van der Waals surface area contributed by atoms with Gasteiger partial charge in [-0.15, -0.1) is 0 Å². The van der Waals surface area contributed by atoms with Crippen molar-refractivity contribution in [1.29, 1.82) is 0 Å². The van der Waals surface area contributed by atoms with E-state index < -0.39 is 0 Å². The molecule has 0 radical (unpaired) electrons. The molecular weight excluding hydrogens is 216 g/mol. The summed E-state index contributed by atoms with van der Waals surface area (Å²) in [5, 5.41) is 0. The normalized spacial score (nSPS) is 10.6. The van der Waals surface area contributed by atoms with Gasteiger partial charge in [-0.2, -0.15) is 0 Å². The molecule has 0 N–H and O–H groups in total. The fourth-order valence-electron chi connectivity index (χ4n) is 1.50. The number of rotatable bonds is 3. The number of hydrogen-bond acceptors (Lipinski definition) is 3. The van der Waals surface area contributed by atoms with E-state index in [1.807, 2.05) is 36.4 Å². The maximum atomic E-state index is 11.5. The standard InChI is InChI=1S/C14H12O3/c1-16-14(15)13-7-3-2-5-11(13)8-9-12-6-4-10-17-12/h2-10H,1H3. The SMILES string of the molecule is COC(=O)c1ccccc1C=Cc1ccco1. The molecule has 3 nitrogen and oxygen atoms in total. The van der Waals surface area contributed by atoms with Gasteiger partial charge in [0.2, 0.25) is 0 Å². The molecule has 0 amide bonds. The molecule has 0 spiro atoms. The fraction of sp³-hybridized carbons (Fsp3) is 0.0714. The molecule has 2 aromatic rings. The van der Waals surface area contributed by atoms with Gasteiger partial charge in [0.1, 0.15) is 5.76 Å². The van der Waals surface area contributed by atoms with Gasteiger partial charge in [0.15, 0.2) is 0 Å². The van der Waals surface area contributed by atoms with Gasteiger partial charge in [0.25, 0.3) is 0 Å². The number of hydrogen-bond donors (Lipinski definition) is 0. The van der Waals surface area contributed by atoms with Crippen LogP contribution in [0.5, 0.6) is 0 Å². The molecule has 0 aliphatic carbocycles. The summed E-state index contributed by atoms with van der Waals surface area (Å²) in [7, 11) is 1.37. The van der Waals surface area contributed by atoms with Gasteiger partial charge in [0.05, 0.1) is 18.9 Å². The summed E-state index contributed by atoms with van der Waals surface area (Å²) in [5.74, 6) is 0.398. The Morgan fingerprint density at radius 3 is 2.71 bits per heavy atom. The number of benzene rings is 1. The summed E-state index contributed by atoms with van der Waals surface area (Å²) in [6.45, 7) is 0. The zero-order valence-electron chi connectivity index (χ0n) is 9.42. The number of esters is 1. The van der Waals surface area contributed by atoms with E-state index in [1.54, 1.807) is 18.4 Å². The van der Waals surface area contributed by atoms with E-state index in [9.17, 15) is 4.79 Å². The van der Waals surface area contributed by atoms with E-state index in [2.05, 4.69) is 0 Å². The summed E-state index contributed by atoms with van der Waals surface area (Å²) in [6, 6.07) is 10.9. The van der Waals surface area contributed by atoms with Crippen LogP contribution in [0.2, 0.25) is 0 Å². The molecule has 3 heteroatoms. The first-order valence-corrected chi connectivity index (χ1v) is 5.20. The van der Waals surface area contributed by atoms with Gasteiger partial charge < -0.3 is 9.15 Å². The Morgan fingerprint density at radius 2 is 2.00 bits per heavy atom. The van der Waals surface area contributed by atoms with Crippen molar-refractivity contribution >= 4 is 18.1 Å². The van der Waals surface area contributed by atoms with Crippen LogP contribution in [0.1, 0.15) is 21.7 Å². The molecule has 0 bridgehead atoms. The maximum absolute atomic E-state index is 11.5. The van der Waals surface area contributed by atoms with Crippen LogP contribution in [0.15, 0.2) is 47.1 Å². The maximum Gasteiger partial charge on any atom is 0.338 e. The molecule has 2 rings (SSSR count). The lowest BCUT2D eigenvalue weighted by molar-refractivity contribution is 0.0600. The van der Waals surface area contributed by atoms with Gasteiger partial charge in [-0.1, -0.05) is 24.3 Å². The molecule has 0 atom stereocenters. The highest BCUT2D eigenvalue weighted by Gasteiger charge is 2.08. The Bertz CT molecular complexity index is 524. The van der Waals surface area contributed by atoms with Gasteiger partial charge in [-0.3, -0.25) is 0 Å². The second-order valence-electron chi connectivity index (χ2n) is 3.43. The largest absolute Gasteiger partial charge is 0.465 e. The van der Waals surface area contributed by atoms with E-state index in [4.69, 9.17) is 9.15 Å². The number of furan rings is 1. The molecule has 0 aliphatic heterocycles. The van der Waals surface area contributed by atoms with Crippen molar-refractivity contribution in [3.63, 3.8) is 0 Å².